The molecule has 3 rings (SSSR count). The number of halogens is 1. The molecule has 1 aromatic heterocycles. The van der Waals surface area contributed by atoms with E-state index in [1.54, 1.807) is 0 Å². The van der Waals surface area contributed by atoms with E-state index in [0.717, 1.165) is 28.9 Å². The molecule has 4 nitrogen and oxygen atoms in total. The van der Waals surface area contributed by atoms with Crippen LogP contribution in [0.3, 0.4) is 0 Å². The quantitative estimate of drug-likeness (QED) is 0.874. The zero-order valence-electron chi connectivity index (χ0n) is 10.0. The third kappa shape index (κ3) is 2.10. The van der Waals surface area contributed by atoms with Gasteiger partial charge in [0.15, 0.2) is 11.5 Å². The summed E-state index contributed by atoms with van der Waals surface area (Å²) in [5, 5.41) is 0. The van der Waals surface area contributed by atoms with Gasteiger partial charge in [-0.15, -0.1) is 0 Å². The lowest BCUT2D eigenvalue weighted by Gasteiger charge is -2.05. The summed E-state index contributed by atoms with van der Waals surface area (Å²) in [6, 6.07) is 6.10. The third-order valence-electron chi connectivity index (χ3n) is 3.10. The van der Waals surface area contributed by atoms with E-state index in [1.807, 2.05) is 30.1 Å². The summed E-state index contributed by atoms with van der Waals surface area (Å²) >= 11 is 3.46. The summed E-state index contributed by atoms with van der Waals surface area (Å²) in [5.74, 6) is 1.68. The Labute approximate surface area is 114 Å². The molecule has 1 aromatic carbocycles. The SMILES string of the molecule is Cn1cnc(Br)c1CCc1ccc2c(c1)OCO2. The van der Waals surface area contributed by atoms with Crippen LogP contribution in [0.25, 0.3) is 0 Å². The highest BCUT2D eigenvalue weighted by molar-refractivity contribution is 9.10. The van der Waals surface area contributed by atoms with E-state index in [4.69, 9.17) is 9.47 Å². The summed E-state index contributed by atoms with van der Waals surface area (Å²) in [6.45, 7) is 0.325. The molecule has 2 heterocycles. The van der Waals surface area contributed by atoms with Gasteiger partial charge in [0.25, 0.3) is 0 Å². The van der Waals surface area contributed by atoms with Crippen molar-refractivity contribution in [2.45, 2.75) is 12.8 Å². The summed E-state index contributed by atoms with van der Waals surface area (Å²) in [6.07, 6.45) is 3.71. The summed E-state index contributed by atoms with van der Waals surface area (Å²) in [5.41, 5.74) is 2.44. The molecule has 0 saturated heterocycles. The number of rotatable bonds is 3. The van der Waals surface area contributed by atoms with Gasteiger partial charge in [-0.3, -0.25) is 0 Å². The summed E-state index contributed by atoms with van der Waals surface area (Å²) < 4.78 is 13.6. The predicted octanol–water partition coefficient (Wildman–Crippen LogP) is 2.70. The number of hydrogen-bond donors (Lipinski definition) is 0. The Morgan fingerprint density at radius 3 is 2.89 bits per heavy atom. The molecule has 0 amide bonds. The van der Waals surface area contributed by atoms with Crippen molar-refractivity contribution in [3.8, 4) is 11.5 Å². The van der Waals surface area contributed by atoms with Crippen LogP contribution in [0.4, 0.5) is 0 Å². The van der Waals surface area contributed by atoms with Gasteiger partial charge in [-0.1, -0.05) is 6.07 Å². The van der Waals surface area contributed by atoms with E-state index < -0.39 is 0 Å². The van der Waals surface area contributed by atoms with E-state index >= 15 is 0 Å². The number of ether oxygens (including phenoxy) is 2. The minimum absolute atomic E-state index is 0.325. The monoisotopic (exact) mass is 308 g/mol. The maximum absolute atomic E-state index is 5.37. The molecular weight excluding hydrogens is 296 g/mol. The number of fused-ring (bicyclic) bond motifs is 1. The van der Waals surface area contributed by atoms with Gasteiger partial charge >= 0.3 is 0 Å². The van der Waals surface area contributed by atoms with Crippen LogP contribution in [0.5, 0.6) is 11.5 Å². The maximum atomic E-state index is 5.37. The zero-order chi connectivity index (χ0) is 12.5. The first kappa shape index (κ1) is 11.6. The van der Waals surface area contributed by atoms with Crippen molar-refractivity contribution >= 4 is 15.9 Å². The first-order chi connectivity index (χ1) is 8.74. The number of imidazole rings is 1. The van der Waals surface area contributed by atoms with Crippen LogP contribution < -0.4 is 9.47 Å². The largest absolute Gasteiger partial charge is 0.454 e. The Balaban J connectivity index is 1.74. The molecule has 2 aromatic rings. The molecule has 0 N–H and O–H groups in total. The second kappa shape index (κ2) is 4.65. The van der Waals surface area contributed by atoms with Crippen LogP contribution in [-0.2, 0) is 19.9 Å². The van der Waals surface area contributed by atoms with Crippen LogP contribution in [0.1, 0.15) is 11.3 Å². The Morgan fingerprint density at radius 2 is 2.11 bits per heavy atom. The highest BCUT2D eigenvalue weighted by Gasteiger charge is 2.13. The van der Waals surface area contributed by atoms with Crippen molar-refractivity contribution in [3.05, 3.63) is 40.4 Å². The Morgan fingerprint density at radius 1 is 1.28 bits per heavy atom. The van der Waals surface area contributed by atoms with Gasteiger partial charge in [0.05, 0.1) is 12.0 Å². The molecule has 1 aliphatic heterocycles. The lowest BCUT2D eigenvalue weighted by molar-refractivity contribution is 0.174. The Hall–Kier alpha value is -1.49. The Kier molecular flexibility index (Phi) is 2.99. The standard InChI is InChI=1S/C13H13BrN2O2/c1-16-7-15-13(14)10(16)4-2-9-3-5-11-12(6-9)18-8-17-11/h3,5-7H,2,4,8H2,1H3. The van der Waals surface area contributed by atoms with Crippen molar-refractivity contribution in [2.24, 2.45) is 7.05 Å². The molecule has 94 valence electrons. The second-order valence-electron chi connectivity index (χ2n) is 4.28. The fourth-order valence-electron chi connectivity index (χ4n) is 2.07. The number of benzene rings is 1. The molecule has 0 bridgehead atoms. The Bertz CT molecular complexity index is 561. The normalized spacial score (nSPS) is 13.0. The molecule has 1 aliphatic rings. The smallest absolute Gasteiger partial charge is 0.231 e. The van der Waals surface area contributed by atoms with Crippen molar-refractivity contribution in [1.29, 1.82) is 0 Å². The number of aryl methyl sites for hydroxylation is 2. The van der Waals surface area contributed by atoms with Crippen LogP contribution in [0, 0.1) is 0 Å². The molecule has 0 spiro atoms. The average Bonchev–Trinajstić information content (AvgIpc) is 2.94. The predicted molar refractivity (Wildman–Crippen MR) is 70.9 cm³/mol. The molecule has 0 saturated carbocycles. The van der Waals surface area contributed by atoms with Gasteiger partial charge in [0.2, 0.25) is 6.79 Å². The van der Waals surface area contributed by atoms with Crippen molar-refractivity contribution in [2.75, 3.05) is 6.79 Å². The van der Waals surface area contributed by atoms with E-state index in [0.29, 0.717) is 6.79 Å². The van der Waals surface area contributed by atoms with Gasteiger partial charge in [0.1, 0.15) is 4.60 Å². The van der Waals surface area contributed by atoms with Gasteiger partial charge in [-0.2, -0.15) is 0 Å². The van der Waals surface area contributed by atoms with Crippen molar-refractivity contribution < 1.29 is 9.47 Å². The van der Waals surface area contributed by atoms with Crippen LogP contribution in [0.2, 0.25) is 0 Å². The molecule has 0 atom stereocenters. The van der Waals surface area contributed by atoms with E-state index in [2.05, 4.69) is 27.0 Å². The molecular formula is C13H13BrN2O2. The fraction of sp³-hybridized carbons (Fsp3) is 0.308. The first-order valence-corrected chi connectivity index (χ1v) is 6.57. The molecule has 0 unspecified atom stereocenters. The van der Waals surface area contributed by atoms with E-state index in [-0.39, 0.29) is 0 Å². The van der Waals surface area contributed by atoms with Gasteiger partial charge in [-0.25, -0.2) is 4.98 Å². The third-order valence-corrected chi connectivity index (χ3v) is 3.76. The minimum Gasteiger partial charge on any atom is -0.454 e. The lowest BCUT2D eigenvalue weighted by atomic mass is 10.1. The van der Waals surface area contributed by atoms with E-state index in [9.17, 15) is 0 Å². The van der Waals surface area contributed by atoms with Crippen LogP contribution >= 0.6 is 15.9 Å². The summed E-state index contributed by atoms with van der Waals surface area (Å²) in [7, 11) is 2.01. The first-order valence-electron chi connectivity index (χ1n) is 5.78. The number of nitrogens with zero attached hydrogens (tertiary/aromatic N) is 2. The van der Waals surface area contributed by atoms with E-state index in [1.165, 1.54) is 11.3 Å². The molecule has 5 heteroatoms. The summed E-state index contributed by atoms with van der Waals surface area (Å²) in [4.78, 5) is 4.22. The van der Waals surface area contributed by atoms with Gasteiger partial charge in [-0.05, 0) is 46.5 Å². The van der Waals surface area contributed by atoms with Crippen molar-refractivity contribution in [1.82, 2.24) is 9.55 Å². The molecule has 0 radical (unpaired) electrons. The topological polar surface area (TPSA) is 36.3 Å². The second-order valence-corrected chi connectivity index (χ2v) is 5.03. The molecule has 0 fully saturated rings. The maximum Gasteiger partial charge on any atom is 0.231 e. The highest BCUT2D eigenvalue weighted by atomic mass is 79.9. The van der Waals surface area contributed by atoms with Crippen LogP contribution in [-0.4, -0.2) is 16.3 Å². The number of hydrogen-bond acceptors (Lipinski definition) is 3. The van der Waals surface area contributed by atoms with Crippen molar-refractivity contribution in [3.63, 3.8) is 0 Å². The zero-order valence-corrected chi connectivity index (χ0v) is 11.6. The van der Waals surface area contributed by atoms with Gasteiger partial charge < -0.3 is 14.0 Å². The fourth-order valence-corrected chi connectivity index (χ4v) is 2.64. The average molecular weight is 309 g/mol. The highest BCUT2D eigenvalue weighted by Crippen LogP contribution is 2.32. The number of aromatic nitrogens is 2. The molecule has 0 aliphatic carbocycles. The van der Waals surface area contributed by atoms with Gasteiger partial charge in [0, 0.05) is 7.05 Å². The van der Waals surface area contributed by atoms with Crippen LogP contribution in [0.15, 0.2) is 29.1 Å². The molecule has 18 heavy (non-hydrogen) atoms. The lowest BCUT2D eigenvalue weighted by Crippen LogP contribution is -1.99. The minimum atomic E-state index is 0.325.